The van der Waals surface area contributed by atoms with Crippen LogP contribution in [-0.2, 0) is 0 Å². The van der Waals surface area contributed by atoms with Crippen LogP contribution in [0.1, 0.15) is 22.3 Å². The van der Waals surface area contributed by atoms with Crippen LogP contribution in [0.25, 0.3) is 11.6 Å². The van der Waals surface area contributed by atoms with E-state index in [0.717, 1.165) is 22.5 Å². The molecule has 0 fully saturated rings. The van der Waals surface area contributed by atoms with E-state index in [2.05, 4.69) is 115 Å². The van der Waals surface area contributed by atoms with Crippen molar-refractivity contribution in [3.63, 3.8) is 0 Å². The predicted octanol–water partition coefficient (Wildman–Crippen LogP) is 8.45. The van der Waals surface area contributed by atoms with Crippen LogP contribution in [-0.4, -0.2) is 6.21 Å². The summed E-state index contributed by atoms with van der Waals surface area (Å²) in [6.07, 6.45) is 4.15. The molecule has 0 aliphatic rings. The summed E-state index contributed by atoms with van der Waals surface area (Å²) >= 11 is 0. The number of benzene rings is 5. The molecule has 5 aromatic carbocycles. The molecule has 0 aliphatic heterocycles. The summed E-state index contributed by atoms with van der Waals surface area (Å²) < 4.78 is 0. The fourth-order valence-corrected chi connectivity index (χ4v) is 3.96. The summed E-state index contributed by atoms with van der Waals surface area (Å²) in [5.74, 6) is 0. The van der Waals surface area contributed by atoms with Gasteiger partial charge in [0.25, 0.3) is 0 Å². The van der Waals surface area contributed by atoms with Gasteiger partial charge < -0.3 is 0 Å². The number of anilines is 2. The predicted molar refractivity (Wildman–Crippen MR) is 149 cm³/mol. The lowest BCUT2D eigenvalue weighted by Crippen LogP contribution is -2.09. The van der Waals surface area contributed by atoms with Crippen LogP contribution in [0.15, 0.2) is 151 Å². The largest absolute Gasteiger partial charge is 0.234 e. The second-order valence-corrected chi connectivity index (χ2v) is 8.18. The summed E-state index contributed by atoms with van der Waals surface area (Å²) in [5, 5.41) is 6.77. The maximum atomic E-state index is 4.81. The van der Waals surface area contributed by atoms with Gasteiger partial charge in [0.05, 0.1) is 17.6 Å². The fraction of sp³-hybridized carbons (Fsp3) is 0. The van der Waals surface area contributed by atoms with E-state index in [1.807, 2.05) is 47.6 Å². The molecule has 0 amide bonds. The van der Waals surface area contributed by atoms with Crippen molar-refractivity contribution in [2.75, 3.05) is 5.01 Å². The molecule has 0 heterocycles. The number of para-hydroxylation sites is 2. The number of rotatable bonds is 7. The topological polar surface area (TPSA) is 15.6 Å². The molecule has 0 atom stereocenters. The first kappa shape index (κ1) is 22.1. The van der Waals surface area contributed by atoms with Crippen LogP contribution in [0.3, 0.4) is 0 Å². The highest BCUT2D eigenvalue weighted by Crippen LogP contribution is 2.27. The molecular formula is C33H26N2. The van der Waals surface area contributed by atoms with Crippen LogP contribution in [0, 0.1) is 0 Å². The molecule has 0 unspecified atom stereocenters. The maximum Gasteiger partial charge on any atom is 0.0652 e. The second-order valence-electron chi connectivity index (χ2n) is 8.18. The standard InChI is InChI=1S/C33H26N2/c1-5-13-29(14-6-1)33(30-15-7-2-8-16-30)25-27-21-23-28(24-22-27)26-34-35(31-17-9-3-10-18-31)32-19-11-4-12-20-32/h1-26H. The number of hydrogen-bond acceptors (Lipinski definition) is 2. The average molecular weight is 451 g/mol. The third-order valence-electron chi connectivity index (χ3n) is 5.74. The summed E-state index contributed by atoms with van der Waals surface area (Å²) in [5.41, 5.74) is 7.82. The quantitative estimate of drug-likeness (QED) is 0.138. The Morgan fingerprint density at radius 3 is 1.31 bits per heavy atom. The highest BCUT2D eigenvalue weighted by molar-refractivity contribution is 5.92. The minimum atomic E-state index is 1.02. The molecule has 0 bridgehead atoms. The molecular weight excluding hydrogens is 424 g/mol. The molecule has 0 aromatic heterocycles. The van der Waals surface area contributed by atoms with Gasteiger partial charge in [-0.2, -0.15) is 5.10 Å². The maximum absolute atomic E-state index is 4.81. The molecule has 2 heteroatoms. The number of hydrogen-bond donors (Lipinski definition) is 0. The van der Waals surface area contributed by atoms with Gasteiger partial charge in [-0.1, -0.05) is 121 Å². The van der Waals surface area contributed by atoms with E-state index in [4.69, 9.17) is 5.10 Å². The van der Waals surface area contributed by atoms with Gasteiger partial charge in [0.2, 0.25) is 0 Å². The zero-order valence-corrected chi connectivity index (χ0v) is 19.4. The minimum absolute atomic E-state index is 1.02. The Morgan fingerprint density at radius 2 is 0.857 bits per heavy atom. The molecule has 0 radical (unpaired) electrons. The molecule has 0 spiro atoms. The first-order valence-corrected chi connectivity index (χ1v) is 11.7. The van der Waals surface area contributed by atoms with Crippen LogP contribution in [0.2, 0.25) is 0 Å². The molecule has 168 valence electrons. The van der Waals surface area contributed by atoms with Crippen LogP contribution in [0.5, 0.6) is 0 Å². The van der Waals surface area contributed by atoms with E-state index < -0.39 is 0 Å². The zero-order chi connectivity index (χ0) is 23.7. The van der Waals surface area contributed by atoms with Crippen molar-refractivity contribution in [2.24, 2.45) is 5.10 Å². The Balaban J connectivity index is 1.43. The van der Waals surface area contributed by atoms with Crippen molar-refractivity contribution in [2.45, 2.75) is 0 Å². The molecule has 0 saturated carbocycles. The van der Waals surface area contributed by atoms with Crippen molar-refractivity contribution in [1.29, 1.82) is 0 Å². The lowest BCUT2D eigenvalue weighted by molar-refractivity contribution is 1.09. The summed E-state index contributed by atoms with van der Waals surface area (Å²) in [6.45, 7) is 0. The van der Waals surface area contributed by atoms with E-state index in [0.29, 0.717) is 0 Å². The van der Waals surface area contributed by atoms with Gasteiger partial charge in [0.15, 0.2) is 0 Å². The third-order valence-corrected chi connectivity index (χ3v) is 5.74. The van der Waals surface area contributed by atoms with Gasteiger partial charge in [0.1, 0.15) is 0 Å². The SMILES string of the molecule is C(=NN(c1ccccc1)c1ccccc1)c1ccc(C=C(c2ccccc2)c2ccccc2)cc1. The van der Waals surface area contributed by atoms with E-state index in [9.17, 15) is 0 Å². The normalized spacial score (nSPS) is 10.7. The molecule has 0 N–H and O–H groups in total. The Hall–Kier alpha value is -4.69. The van der Waals surface area contributed by atoms with Crippen molar-refractivity contribution in [1.82, 2.24) is 0 Å². The monoisotopic (exact) mass is 450 g/mol. The van der Waals surface area contributed by atoms with E-state index in [1.165, 1.54) is 16.7 Å². The van der Waals surface area contributed by atoms with Crippen LogP contribution >= 0.6 is 0 Å². The summed E-state index contributed by atoms with van der Waals surface area (Å²) in [7, 11) is 0. The molecule has 0 aliphatic carbocycles. The van der Waals surface area contributed by atoms with E-state index >= 15 is 0 Å². The van der Waals surface area contributed by atoms with Gasteiger partial charge >= 0.3 is 0 Å². The number of nitrogens with zero attached hydrogens (tertiary/aromatic N) is 2. The van der Waals surface area contributed by atoms with Crippen LogP contribution in [0.4, 0.5) is 11.4 Å². The van der Waals surface area contributed by atoms with Gasteiger partial charge in [-0.25, -0.2) is 5.01 Å². The zero-order valence-electron chi connectivity index (χ0n) is 19.4. The van der Waals surface area contributed by atoms with Crippen molar-refractivity contribution >= 4 is 29.2 Å². The molecule has 5 rings (SSSR count). The summed E-state index contributed by atoms with van der Waals surface area (Å²) in [6, 6.07) is 49.9. The first-order chi connectivity index (χ1) is 17.4. The lowest BCUT2D eigenvalue weighted by Gasteiger charge is -2.19. The van der Waals surface area contributed by atoms with Gasteiger partial charge in [-0.3, -0.25) is 0 Å². The molecule has 0 saturated heterocycles. The molecule has 35 heavy (non-hydrogen) atoms. The van der Waals surface area contributed by atoms with E-state index in [-0.39, 0.29) is 0 Å². The minimum Gasteiger partial charge on any atom is -0.234 e. The fourth-order valence-electron chi connectivity index (χ4n) is 3.96. The van der Waals surface area contributed by atoms with Crippen LogP contribution < -0.4 is 5.01 Å². The van der Waals surface area contributed by atoms with Gasteiger partial charge in [-0.15, -0.1) is 0 Å². The Labute approximate surface area is 207 Å². The van der Waals surface area contributed by atoms with Gasteiger partial charge in [-0.05, 0) is 58.2 Å². The Kier molecular flexibility index (Phi) is 6.92. The third kappa shape index (κ3) is 5.63. The smallest absolute Gasteiger partial charge is 0.0652 e. The highest BCUT2D eigenvalue weighted by Gasteiger charge is 2.07. The Bertz CT molecular complexity index is 1310. The van der Waals surface area contributed by atoms with Gasteiger partial charge in [0, 0.05) is 0 Å². The highest BCUT2D eigenvalue weighted by atomic mass is 15.5. The molecule has 5 aromatic rings. The van der Waals surface area contributed by atoms with Crippen molar-refractivity contribution in [3.05, 3.63) is 168 Å². The number of hydrazone groups is 1. The van der Waals surface area contributed by atoms with Crippen molar-refractivity contribution < 1.29 is 0 Å². The average Bonchev–Trinajstić information content (AvgIpc) is 2.95. The Morgan fingerprint density at radius 1 is 0.457 bits per heavy atom. The van der Waals surface area contributed by atoms with Crippen molar-refractivity contribution in [3.8, 4) is 0 Å². The summed E-state index contributed by atoms with van der Waals surface area (Å²) in [4.78, 5) is 0. The molecule has 2 nitrogen and oxygen atoms in total. The second kappa shape index (κ2) is 11.0. The lowest BCUT2D eigenvalue weighted by atomic mass is 9.95. The first-order valence-electron chi connectivity index (χ1n) is 11.7. The van der Waals surface area contributed by atoms with E-state index in [1.54, 1.807) is 0 Å².